The molecule has 0 amide bonds. The smallest absolute Gasteiger partial charge is 0.298 e. The van der Waals surface area contributed by atoms with Gasteiger partial charge in [-0.15, -0.1) is 0 Å². The summed E-state index contributed by atoms with van der Waals surface area (Å²) < 4.78 is 0. The molecule has 0 unspecified atom stereocenters. The zero-order valence-corrected chi connectivity index (χ0v) is 7.40. The SMILES string of the molecule is C[CH]OOC(=O)Cc1ccccc1. The highest BCUT2D eigenvalue weighted by atomic mass is 17.2. The van der Waals surface area contributed by atoms with Crippen LogP contribution in [0.4, 0.5) is 0 Å². The molecule has 0 aliphatic rings. The number of carbonyl (C=O) groups excluding carboxylic acids is 1. The molecule has 69 valence electrons. The number of benzene rings is 1. The first kappa shape index (κ1) is 9.74. The molecule has 0 aliphatic carbocycles. The van der Waals surface area contributed by atoms with E-state index in [1.54, 1.807) is 6.92 Å². The van der Waals surface area contributed by atoms with Crippen molar-refractivity contribution < 1.29 is 14.6 Å². The summed E-state index contributed by atoms with van der Waals surface area (Å²) in [6.07, 6.45) is 0.231. The van der Waals surface area contributed by atoms with Crippen LogP contribution in [0.15, 0.2) is 30.3 Å². The Bertz CT molecular complexity index is 256. The second-order valence-electron chi connectivity index (χ2n) is 2.45. The molecule has 3 nitrogen and oxygen atoms in total. The van der Waals surface area contributed by atoms with E-state index >= 15 is 0 Å². The lowest BCUT2D eigenvalue weighted by Gasteiger charge is -2.00. The summed E-state index contributed by atoms with van der Waals surface area (Å²) in [7, 11) is 0. The maximum absolute atomic E-state index is 11.0. The molecule has 3 heteroatoms. The fourth-order valence-corrected chi connectivity index (χ4v) is 0.894. The van der Waals surface area contributed by atoms with Crippen LogP contribution < -0.4 is 0 Å². The molecule has 0 fully saturated rings. The summed E-state index contributed by atoms with van der Waals surface area (Å²) in [5.41, 5.74) is 0.909. The van der Waals surface area contributed by atoms with Crippen molar-refractivity contribution in [3.8, 4) is 0 Å². The van der Waals surface area contributed by atoms with Crippen molar-refractivity contribution in [3.63, 3.8) is 0 Å². The van der Waals surface area contributed by atoms with Crippen molar-refractivity contribution in [1.29, 1.82) is 0 Å². The van der Waals surface area contributed by atoms with Gasteiger partial charge in [-0.2, -0.15) is 4.89 Å². The number of hydrogen-bond acceptors (Lipinski definition) is 3. The maximum atomic E-state index is 11.0. The van der Waals surface area contributed by atoms with Crippen LogP contribution in [0.25, 0.3) is 0 Å². The predicted molar refractivity (Wildman–Crippen MR) is 47.3 cm³/mol. The van der Waals surface area contributed by atoms with Gasteiger partial charge in [0.05, 0.1) is 6.42 Å². The number of rotatable bonds is 4. The summed E-state index contributed by atoms with van der Waals surface area (Å²) in [6.45, 7) is 2.94. The van der Waals surface area contributed by atoms with Crippen LogP contribution in [0.1, 0.15) is 12.5 Å². The van der Waals surface area contributed by atoms with Gasteiger partial charge in [-0.25, -0.2) is 4.79 Å². The third kappa shape index (κ3) is 3.71. The molecule has 1 aromatic rings. The summed E-state index contributed by atoms with van der Waals surface area (Å²) in [4.78, 5) is 19.8. The van der Waals surface area contributed by atoms with Gasteiger partial charge >= 0.3 is 5.97 Å². The van der Waals surface area contributed by atoms with Crippen molar-refractivity contribution in [3.05, 3.63) is 42.5 Å². The molecule has 0 saturated heterocycles. The lowest BCUT2D eigenvalue weighted by atomic mass is 10.2. The summed E-state index contributed by atoms with van der Waals surface area (Å²) in [5, 5.41) is 0. The second-order valence-corrected chi connectivity index (χ2v) is 2.45. The Balaban J connectivity index is 2.37. The van der Waals surface area contributed by atoms with Gasteiger partial charge in [0.2, 0.25) is 0 Å². The van der Waals surface area contributed by atoms with Gasteiger partial charge in [0.25, 0.3) is 0 Å². The highest BCUT2D eigenvalue weighted by molar-refractivity contribution is 5.71. The number of carbonyl (C=O) groups is 1. The van der Waals surface area contributed by atoms with Crippen molar-refractivity contribution in [2.75, 3.05) is 0 Å². The monoisotopic (exact) mass is 179 g/mol. The molecular weight excluding hydrogens is 168 g/mol. The first-order valence-electron chi connectivity index (χ1n) is 4.01. The molecule has 1 rings (SSSR count). The van der Waals surface area contributed by atoms with Crippen LogP contribution in [-0.4, -0.2) is 5.97 Å². The minimum absolute atomic E-state index is 0.231. The van der Waals surface area contributed by atoms with Crippen LogP contribution in [0.2, 0.25) is 0 Å². The van der Waals surface area contributed by atoms with Gasteiger partial charge in [0, 0.05) is 0 Å². The average Bonchev–Trinajstić information content (AvgIpc) is 2.16. The molecule has 0 spiro atoms. The molecule has 0 heterocycles. The molecule has 1 radical (unpaired) electrons. The highest BCUT2D eigenvalue weighted by Gasteiger charge is 2.04. The minimum atomic E-state index is -0.399. The second kappa shape index (κ2) is 5.32. The Hall–Kier alpha value is -1.35. The fraction of sp³-hybridized carbons (Fsp3) is 0.200. The largest absolute Gasteiger partial charge is 0.346 e. The topological polar surface area (TPSA) is 35.5 Å². The van der Waals surface area contributed by atoms with E-state index in [4.69, 9.17) is 0 Å². The molecule has 0 atom stereocenters. The van der Waals surface area contributed by atoms with Crippen molar-refractivity contribution in [2.24, 2.45) is 0 Å². The van der Waals surface area contributed by atoms with Crippen molar-refractivity contribution in [1.82, 2.24) is 0 Å². The lowest BCUT2D eigenvalue weighted by Crippen LogP contribution is -2.07. The van der Waals surface area contributed by atoms with E-state index < -0.39 is 5.97 Å². The van der Waals surface area contributed by atoms with Crippen LogP contribution in [0.3, 0.4) is 0 Å². The van der Waals surface area contributed by atoms with E-state index in [2.05, 4.69) is 9.78 Å². The fourth-order valence-electron chi connectivity index (χ4n) is 0.894. The molecule has 0 bridgehead atoms. The Morgan fingerprint density at radius 2 is 2.08 bits per heavy atom. The van der Waals surface area contributed by atoms with E-state index in [1.807, 2.05) is 30.3 Å². The third-order valence-corrected chi connectivity index (χ3v) is 1.43. The third-order valence-electron chi connectivity index (χ3n) is 1.43. The van der Waals surface area contributed by atoms with E-state index in [9.17, 15) is 4.79 Å². The van der Waals surface area contributed by atoms with Gasteiger partial charge in [-0.1, -0.05) is 30.3 Å². The first-order chi connectivity index (χ1) is 6.33. The molecule has 1 aromatic carbocycles. The van der Waals surface area contributed by atoms with Crippen LogP contribution >= 0.6 is 0 Å². The molecule has 0 N–H and O–H groups in total. The van der Waals surface area contributed by atoms with Gasteiger partial charge in [-0.3, -0.25) is 4.89 Å². The molecular formula is C10H11O3. The standard InChI is InChI=1S/C10H11O3/c1-2-12-13-10(11)8-9-6-4-3-5-7-9/h2-7H,8H2,1H3. The van der Waals surface area contributed by atoms with Crippen LogP contribution in [0, 0.1) is 6.61 Å². The Morgan fingerprint density at radius 1 is 1.38 bits per heavy atom. The highest BCUT2D eigenvalue weighted by Crippen LogP contribution is 2.00. The van der Waals surface area contributed by atoms with E-state index in [0.717, 1.165) is 5.56 Å². The zero-order valence-electron chi connectivity index (χ0n) is 7.40. The van der Waals surface area contributed by atoms with E-state index in [1.165, 1.54) is 6.61 Å². The molecule has 13 heavy (non-hydrogen) atoms. The Kier molecular flexibility index (Phi) is 3.99. The Morgan fingerprint density at radius 3 is 2.69 bits per heavy atom. The van der Waals surface area contributed by atoms with E-state index in [-0.39, 0.29) is 6.42 Å². The average molecular weight is 179 g/mol. The van der Waals surface area contributed by atoms with Crippen LogP contribution in [0.5, 0.6) is 0 Å². The minimum Gasteiger partial charge on any atom is -0.298 e. The van der Waals surface area contributed by atoms with E-state index in [0.29, 0.717) is 0 Å². The van der Waals surface area contributed by atoms with Gasteiger partial charge in [-0.05, 0) is 12.5 Å². The summed E-state index contributed by atoms with van der Waals surface area (Å²) in [6, 6.07) is 9.35. The Labute approximate surface area is 77.2 Å². The zero-order chi connectivity index (χ0) is 9.52. The van der Waals surface area contributed by atoms with Gasteiger partial charge < -0.3 is 0 Å². The normalized spacial score (nSPS) is 9.62. The van der Waals surface area contributed by atoms with Crippen LogP contribution in [-0.2, 0) is 21.0 Å². The molecule has 0 aromatic heterocycles. The van der Waals surface area contributed by atoms with Gasteiger partial charge in [0.1, 0.15) is 6.61 Å². The number of hydrogen-bond donors (Lipinski definition) is 0. The molecule has 0 aliphatic heterocycles. The lowest BCUT2D eigenvalue weighted by molar-refractivity contribution is -0.250. The molecule has 0 saturated carbocycles. The summed E-state index contributed by atoms with van der Waals surface area (Å²) in [5.74, 6) is -0.399. The first-order valence-corrected chi connectivity index (χ1v) is 4.01. The maximum Gasteiger partial charge on any atom is 0.346 e. The summed E-state index contributed by atoms with van der Waals surface area (Å²) >= 11 is 0. The predicted octanol–water partition coefficient (Wildman–Crippen LogP) is 1.89. The van der Waals surface area contributed by atoms with Gasteiger partial charge in [0.15, 0.2) is 0 Å². The quantitative estimate of drug-likeness (QED) is 0.523. The van der Waals surface area contributed by atoms with Crippen molar-refractivity contribution in [2.45, 2.75) is 13.3 Å². The van der Waals surface area contributed by atoms with Crippen molar-refractivity contribution >= 4 is 5.97 Å².